The molecule has 0 radical (unpaired) electrons. The molecule has 0 amide bonds. The van der Waals surface area contributed by atoms with Crippen molar-refractivity contribution in [3.05, 3.63) is 88.9 Å². The Morgan fingerprint density at radius 1 is 1.00 bits per heavy atom. The highest BCUT2D eigenvalue weighted by Gasteiger charge is 2.22. The molecule has 0 atom stereocenters. The highest BCUT2D eigenvalue weighted by atomic mass is 32.2. The van der Waals surface area contributed by atoms with E-state index in [-0.39, 0.29) is 16.6 Å². The van der Waals surface area contributed by atoms with Gasteiger partial charge in [-0.05, 0) is 73.9 Å². The van der Waals surface area contributed by atoms with E-state index in [1.54, 1.807) is 48.5 Å². The lowest BCUT2D eigenvalue weighted by atomic mass is 10.0. The van der Waals surface area contributed by atoms with Gasteiger partial charge in [0.05, 0.1) is 16.1 Å². The Bertz CT molecular complexity index is 1450. The van der Waals surface area contributed by atoms with Crippen LogP contribution in [-0.4, -0.2) is 19.2 Å². The summed E-state index contributed by atoms with van der Waals surface area (Å²) in [5.41, 5.74) is 5.45. The van der Waals surface area contributed by atoms with Gasteiger partial charge in [0, 0.05) is 28.5 Å². The lowest BCUT2D eigenvalue weighted by Crippen LogP contribution is -2.14. The Labute approximate surface area is 193 Å². The van der Waals surface area contributed by atoms with Crippen LogP contribution >= 0.6 is 0 Å². The molecule has 0 aliphatic heterocycles. The fourth-order valence-corrected chi connectivity index (χ4v) is 5.29. The molecular weight excluding hydrogens is 437 g/mol. The predicted octanol–water partition coefficient (Wildman–Crippen LogP) is 6.31. The molecule has 1 aromatic heterocycles. The normalized spacial score (nSPS) is 11.8. The molecule has 4 rings (SSSR count). The van der Waals surface area contributed by atoms with Gasteiger partial charge in [-0.15, -0.1) is 0 Å². The van der Waals surface area contributed by atoms with Crippen LogP contribution in [0.4, 0.5) is 10.1 Å². The molecule has 0 fully saturated rings. The standard InChI is InChI=1S/C26H26FN3O2S/c1-16(2)26-18(4)23-14-24(29-33(31,32)22-11-5-17(3)6-12-22)19(15-28)13-25(23)30(26)21-9-7-20(27)8-10-21/h5-16,28-29H,1-4H3. The van der Waals surface area contributed by atoms with Crippen LogP contribution in [-0.2, 0) is 10.0 Å². The van der Waals surface area contributed by atoms with Gasteiger partial charge in [0.1, 0.15) is 5.82 Å². The predicted molar refractivity (Wildman–Crippen MR) is 132 cm³/mol. The number of nitrogens with one attached hydrogen (secondary N) is 2. The third-order valence-electron chi connectivity index (χ3n) is 5.80. The maximum Gasteiger partial charge on any atom is 0.261 e. The van der Waals surface area contributed by atoms with E-state index in [4.69, 9.17) is 5.41 Å². The maximum atomic E-state index is 13.6. The first kappa shape index (κ1) is 22.7. The highest BCUT2D eigenvalue weighted by molar-refractivity contribution is 7.92. The fourth-order valence-electron chi connectivity index (χ4n) is 4.21. The van der Waals surface area contributed by atoms with E-state index in [9.17, 15) is 12.8 Å². The van der Waals surface area contributed by atoms with Crippen LogP contribution in [0.25, 0.3) is 16.6 Å². The summed E-state index contributed by atoms with van der Waals surface area (Å²) in [5.74, 6) is -0.149. The van der Waals surface area contributed by atoms with Crippen LogP contribution in [0.1, 0.15) is 42.1 Å². The van der Waals surface area contributed by atoms with Gasteiger partial charge in [-0.1, -0.05) is 31.5 Å². The number of hydrogen-bond donors (Lipinski definition) is 2. The molecule has 5 nitrogen and oxygen atoms in total. The molecular formula is C26H26FN3O2S. The lowest BCUT2D eigenvalue weighted by Gasteiger charge is -2.15. The number of benzene rings is 3. The molecule has 2 N–H and O–H groups in total. The average molecular weight is 464 g/mol. The van der Waals surface area contributed by atoms with Gasteiger partial charge in [-0.3, -0.25) is 4.72 Å². The Hall–Kier alpha value is -3.45. The van der Waals surface area contributed by atoms with E-state index in [0.717, 1.165) is 39.6 Å². The Kier molecular flexibility index (Phi) is 5.84. The first-order valence-corrected chi connectivity index (χ1v) is 12.2. The third-order valence-corrected chi connectivity index (χ3v) is 7.18. The number of halogens is 1. The highest BCUT2D eigenvalue weighted by Crippen LogP contribution is 2.36. The van der Waals surface area contributed by atoms with Gasteiger partial charge in [0.15, 0.2) is 0 Å². The van der Waals surface area contributed by atoms with Crippen molar-refractivity contribution in [1.82, 2.24) is 4.57 Å². The zero-order valence-electron chi connectivity index (χ0n) is 19.0. The van der Waals surface area contributed by atoms with Crippen LogP contribution in [0.2, 0.25) is 0 Å². The second kappa shape index (κ2) is 8.48. The van der Waals surface area contributed by atoms with Crippen molar-refractivity contribution in [1.29, 1.82) is 5.41 Å². The topological polar surface area (TPSA) is 75.0 Å². The van der Waals surface area contributed by atoms with Crippen molar-refractivity contribution in [2.24, 2.45) is 0 Å². The van der Waals surface area contributed by atoms with Crippen LogP contribution in [0, 0.1) is 25.1 Å². The molecule has 170 valence electrons. The van der Waals surface area contributed by atoms with Gasteiger partial charge < -0.3 is 9.98 Å². The molecule has 0 aliphatic rings. The molecule has 4 aromatic rings. The summed E-state index contributed by atoms with van der Waals surface area (Å²) in [6.07, 6.45) is 1.14. The number of fused-ring (bicyclic) bond motifs is 1. The van der Waals surface area contributed by atoms with Crippen LogP contribution in [0.3, 0.4) is 0 Å². The number of rotatable bonds is 6. The Balaban J connectivity index is 1.92. The SMILES string of the molecule is Cc1ccc(S(=O)(=O)Nc2cc3c(C)c(C(C)C)n(-c4ccc(F)cc4)c3cc2C=N)cc1. The summed E-state index contributed by atoms with van der Waals surface area (Å²) in [4.78, 5) is 0.160. The number of anilines is 1. The molecule has 0 saturated heterocycles. The summed E-state index contributed by atoms with van der Waals surface area (Å²) >= 11 is 0. The van der Waals surface area contributed by atoms with E-state index in [1.165, 1.54) is 12.1 Å². The van der Waals surface area contributed by atoms with Gasteiger partial charge in [-0.2, -0.15) is 0 Å². The monoisotopic (exact) mass is 463 g/mol. The van der Waals surface area contributed by atoms with Crippen LogP contribution in [0.15, 0.2) is 65.6 Å². The molecule has 0 saturated carbocycles. The zero-order valence-corrected chi connectivity index (χ0v) is 19.8. The van der Waals surface area contributed by atoms with Crippen molar-refractivity contribution in [3.63, 3.8) is 0 Å². The van der Waals surface area contributed by atoms with Gasteiger partial charge >= 0.3 is 0 Å². The number of aryl methyl sites for hydroxylation is 2. The van der Waals surface area contributed by atoms with Crippen molar-refractivity contribution < 1.29 is 12.8 Å². The summed E-state index contributed by atoms with van der Waals surface area (Å²) in [5, 5.41) is 8.80. The Morgan fingerprint density at radius 2 is 1.64 bits per heavy atom. The minimum atomic E-state index is -3.82. The average Bonchev–Trinajstić information content (AvgIpc) is 3.05. The second-order valence-electron chi connectivity index (χ2n) is 8.50. The Morgan fingerprint density at radius 3 is 2.21 bits per heavy atom. The molecule has 0 unspecified atom stereocenters. The lowest BCUT2D eigenvalue weighted by molar-refractivity contribution is 0.601. The van der Waals surface area contributed by atoms with E-state index < -0.39 is 10.0 Å². The van der Waals surface area contributed by atoms with Crippen molar-refractivity contribution in [3.8, 4) is 5.69 Å². The number of sulfonamides is 1. The zero-order chi connectivity index (χ0) is 23.9. The summed E-state index contributed by atoms with van der Waals surface area (Å²) in [6.45, 7) is 8.06. The molecule has 0 aliphatic carbocycles. The summed E-state index contributed by atoms with van der Waals surface area (Å²) in [7, 11) is -3.82. The molecule has 7 heteroatoms. The van der Waals surface area contributed by atoms with E-state index in [1.807, 2.05) is 13.8 Å². The van der Waals surface area contributed by atoms with Crippen LogP contribution < -0.4 is 4.72 Å². The molecule has 1 heterocycles. The van der Waals surface area contributed by atoms with Crippen molar-refractivity contribution >= 4 is 32.8 Å². The number of hydrogen-bond acceptors (Lipinski definition) is 3. The maximum absolute atomic E-state index is 13.6. The molecule has 33 heavy (non-hydrogen) atoms. The summed E-state index contributed by atoms with van der Waals surface area (Å²) < 4.78 is 44.3. The molecule has 0 bridgehead atoms. The van der Waals surface area contributed by atoms with Gasteiger partial charge in [0.2, 0.25) is 0 Å². The van der Waals surface area contributed by atoms with Gasteiger partial charge in [0.25, 0.3) is 10.0 Å². The van der Waals surface area contributed by atoms with E-state index in [0.29, 0.717) is 11.3 Å². The largest absolute Gasteiger partial charge is 0.313 e. The van der Waals surface area contributed by atoms with Crippen LogP contribution in [0.5, 0.6) is 0 Å². The number of nitrogens with zero attached hydrogens (tertiary/aromatic N) is 1. The first-order valence-electron chi connectivity index (χ1n) is 10.7. The van der Waals surface area contributed by atoms with Crippen molar-refractivity contribution in [2.75, 3.05) is 4.72 Å². The van der Waals surface area contributed by atoms with E-state index in [2.05, 4.69) is 23.1 Å². The summed E-state index contributed by atoms with van der Waals surface area (Å²) in [6, 6.07) is 16.5. The minimum absolute atomic E-state index is 0.160. The smallest absolute Gasteiger partial charge is 0.261 e. The third kappa shape index (κ3) is 4.16. The quantitative estimate of drug-likeness (QED) is 0.329. The minimum Gasteiger partial charge on any atom is -0.313 e. The molecule has 3 aromatic carbocycles. The van der Waals surface area contributed by atoms with Crippen molar-refractivity contribution in [2.45, 2.75) is 38.5 Å². The second-order valence-corrected chi connectivity index (χ2v) is 10.2. The first-order chi connectivity index (χ1) is 15.6. The van der Waals surface area contributed by atoms with Gasteiger partial charge in [-0.25, -0.2) is 12.8 Å². The molecule has 0 spiro atoms. The fraction of sp³-hybridized carbons (Fsp3) is 0.192. The number of aromatic nitrogens is 1. The van der Waals surface area contributed by atoms with E-state index >= 15 is 0 Å².